The summed E-state index contributed by atoms with van der Waals surface area (Å²) in [6.45, 7) is 3.70. The average Bonchev–Trinajstić information content (AvgIpc) is 2.39. The van der Waals surface area contributed by atoms with Gasteiger partial charge >= 0.3 is 0 Å². The Balaban J connectivity index is 1.62. The molecule has 1 aliphatic heterocycles. The number of hydrogen-bond acceptors (Lipinski definition) is 3. The van der Waals surface area contributed by atoms with Crippen LogP contribution in [0.15, 0.2) is 0 Å². The molecule has 1 heterocycles. The van der Waals surface area contributed by atoms with Crippen molar-refractivity contribution in [2.45, 2.75) is 45.1 Å². The van der Waals surface area contributed by atoms with Crippen LogP contribution in [0.3, 0.4) is 0 Å². The van der Waals surface area contributed by atoms with Crippen LogP contribution in [0.5, 0.6) is 0 Å². The van der Waals surface area contributed by atoms with Crippen LogP contribution in [-0.4, -0.2) is 37.5 Å². The third kappa shape index (κ3) is 4.49. The molecule has 19 heavy (non-hydrogen) atoms. The first kappa shape index (κ1) is 14.3. The van der Waals surface area contributed by atoms with E-state index in [0.717, 1.165) is 24.8 Å². The second-order valence-corrected chi connectivity index (χ2v) is 5.96. The Bertz CT molecular complexity index is 323. The summed E-state index contributed by atoms with van der Waals surface area (Å²) in [5, 5.41) is 8.61. The van der Waals surface area contributed by atoms with Gasteiger partial charge in [0.05, 0.1) is 6.54 Å². The average molecular weight is 267 g/mol. The number of hydrogen-bond donors (Lipinski definition) is 3. The summed E-state index contributed by atoms with van der Waals surface area (Å²) >= 11 is 0. The predicted molar refractivity (Wildman–Crippen MR) is 73.5 cm³/mol. The van der Waals surface area contributed by atoms with Crippen molar-refractivity contribution < 1.29 is 9.59 Å². The molecule has 5 nitrogen and oxygen atoms in total. The maximum Gasteiger partial charge on any atom is 0.238 e. The van der Waals surface area contributed by atoms with Crippen LogP contribution in [0.4, 0.5) is 0 Å². The molecule has 0 spiro atoms. The molecule has 2 amide bonds. The molecule has 108 valence electrons. The molecule has 0 bridgehead atoms. The summed E-state index contributed by atoms with van der Waals surface area (Å²) in [5.74, 6) is 1.57. The van der Waals surface area contributed by atoms with Crippen molar-refractivity contribution in [1.82, 2.24) is 16.0 Å². The highest BCUT2D eigenvalue weighted by Gasteiger charge is 2.24. The highest BCUT2D eigenvalue weighted by atomic mass is 16.2. The summed E-state index contributed by atoms with van der Waals surface area (Å²) < 4.78 is 0. The number of carbonyl (C=O) groups excluding carboxylic acids is 2. The van der Waals surface area contributed by atoms with Gasteiger partial charge in [-0.2, -0.15) is 0 Å². The van der Waals surface area contributed by atoms with Crippen LogP contribution >= 0.6 is 0 Å². The zero-order valence-electron chi connectivity index (χ0n) is 11.7. The van der Waals surface area contributed by atoms with E-state index < -0.39 is 0 Å². The summed E-state index contributed by atoms with van der Waals surface area (Å²) in [6.07, 6.45) is 6.37. The fourth-order valence-corrected chi connectivity index (χ4v) is 3.10. The molecule has 3 unspecified atom stereocenters. The van der Waals surface area contributed by atoms with E-state index in [-0.39, 0.29) is 24.4 Å². The third-order valence-corrected chi connectivity index (χ3v) is 4.23. The number of nitrogens with one attached hydrogen (secondary N) is 3. The summed E-state index contributed by atoms with van der Waals surface area (Å²) in [6, 6.07) is -0.275. The van der Waals surface area contributed by atoms with E-state index in [9.17, 15) is 9.59 Å². The van der Waals surface area contributed by atoms with Gasteiger partial charge in [0.1, 0.15) is 6.04 Å². The summed E-state index contributed by atoms with van der Waals surface area (Å²) in [7, 11) is 0. The van der Waals surface area contributed by atoms with E-state index in [4.69, 9.17) is 0 Å². The van der Waals surface area contributed by atoms with Crippen molar-refractivity contribution in [1.29, 1.82) is 0 Å². The van der Waals surface area contributed by atoms with E-state index >= 15 is 0 Å². The largest absolute Gasteiger partial charge is 0.355 e. The van der Waals surface area contributed by atoms with Gasteiger partial charge in [-0.3, -0.25) is 14.9 Å². The van der Waals surface area contributed by atoms with Crippen molar-refractivity contribution in [2.75, 3.05) is 19.6 Å². The Morgan fingerprint density at radius 2 is 2.26 bits per heavy atom. The topological polar surface area (TPSA) is 70.2 Å². The highest BCUT2D eigenvalue weighted by Crippen LogP contribution is 2.30. The van der Waals surface area contributed by atoms with E-state index in [1.54, 1.807) is 0 Å². The van der Waals surface area contributed by atoms with Crippen LogP contribution in [0, 0.1) is 11.8 Å². The van der Waals surface area contributed by atoms with Gasteiger partial charge in [-0.25, -0.2) is 0 Å². The molecular formula is C14H25N3O2. The van der Waals surface area contributed by atoms with Gasteiger partial charge in [-0.05, 0) is 24.7 Å². The summed E-state index contributed by atoms with van der Waals surface area (Å²) in [4.78, 5) is 22.9. The van der Waals surface area contributed by atoms with Gasteiger partial charge in [0, 0.05) is 13.1 Å². The van der Waals surface area contributed by atoms with Gasteiger partial charge in [-0.1, -0.05) is 26.2 Å². The number of amides is 2. The Morgan fingerprint density at radius 1 is 1.42 bits per heavy atom. The lowest BCUT2D eigenvalue weighted by molar-refractivity contribution is -0.126. The number of rotatable bonds is 4. The zero-order valence-corrected chi connectivity index (χ0v) is 11.7. The first-order valence-electron chi connectivity index (χ1n) is 7.43. The molecule has 1 saturated heterocycles. The fourth-order valence-electron chi connectivity index (χ4n) is 3.10. The number of piperazine rings is 1. The molecule has 2 rings (SSSR count). The van der Waals surface area contributed by atoms with Gasteiger partial charge in [0.15, 0.2) is 0 Å². The first-order valence-corrected chi connectivity index (χ1v) is 7.43. The third-order valence-electron chi connectivity index (χ3n) is 4.23. The minimum atomic E-state index is -0.275. The Morgan fingerprint density at radius 3 is 2.95 bits per heavy atom. The van der Waals surface area contributed by atoms with Crippen molar-refractivity contribution in [3.05, 3.63) is 0 Å². The molecule has 0 aromatic rings. The smallest absolute Gasteiger partial charge is 0.238 e. The molecule has 5 heteroatoms. The van der Waals surface area contributed by atoms with E-state index in [1.807, 2.05) is 0 Å². The van der Waals surface area contributed by atoms with Crippen LogP contribution in [0.2, 0.25) is 0 Å². The molecule has 2 aliphatic rings. The van der Waals surface area contributed by atoms with E-state index in [1.165, 1.54) is 25.7 Å². The number of carbonyl (C=O) groups is 2. The second-order valence-electron chi connectivity index (χ2n) is 5.96. The van der Waals surface area contributed by atoms with Crippen LogP contribution in [-0.2, 0) is 9.59 Å². The van der Waals surface area contributed by atoms with Gasteiger partial charge in [-0.15, -0.1) is 0 Å². The van der Waals surface area contributed by atoms with Crippen molar-refractivity contribution in [3.63, 3.8) is 0 Å². The Kier molecular flexibility index (Phi) is 5.19. The van der Waals surface area contributed by atoms with E-state index in [2.05, 4.69) is 22.9 Å². The molecule has 2 fully saturated rings. The molecule has 1 saturated carbocycles. The molecule has 1 aliphatic carbocycles. The predicted octanol–water partition coefficient (Wildman–Crippen LogP) is 0.407. The second kappa shape index (κ2) is 6.89. The first-order chi connectivity index (χ1) is 9.15. The molecule has 3 atom stereocenters. The highest BCUT2D eigenvalue weighted by molar-refractivity contribution is 5.86. The standard InChI is InChI=1S/C14H25N3O2/c1-10-3-2-4-11(7-10)5-6-15-14(19)12-8-17-13(18)9-16-12/h10-12,16H,2-9H2,1H3,(H,15,19)(H,17,18). The SMILES string of the molecule is CC1CCCC(CCNC(=O)C2CNC(=O)CN2)C1. The molecule has 0 aromatic heterocycles. The quantitative estimate of drug-likeness (QED) is 0.691. The summed E-state index contributed by atoms with van der Waals surface area (Å²) in [5.41, 5.74) is 0. The minimum Gasteiger partial charge on any atom is -0.355 e. The Labute approximate surface area is 114 Å². The van der Waals surface area contributed by atoms with Crippen molar-refractivity contribution in [2.24, 2.45) is 11.8 Å². The van der Waals surface area contributed by atoms with Crippen LogP contribution in [0.1, 0.15) is 39.0 Å². The van der Waals surface area contributed by atoms with E-state index in [0.29, 0.717) is 6.54 Å². The van der Waals surface area contributed by atoms with Gasteiger partial charge < -0.3 is 10.6 Å². The molecule has 0 aromatic carbocycles. The van der Waals surface area contributed by atoms with Crippen molar-refractivity contribution in [3.8, 4) is 0 Å². The normalized spacial score (nSPS) is 31.6. The lowest BCUT2D eigenvalue weighted by atomic mass is 9.81. The van der Waals surface area contributed by atoms with Crippen molar-refractivity contribution >= 4 is 11.8 Å². The molecular weight excluding hydrogens is 242 g/mol. The molecule has 3 N–H and O–H groups in total. The maximum atomic E-state index is 11.9. The zero-order chi connectivity index (χ0) is 13.7. The lowest BCUT2D eigenvalue weighted by Crippen LogP contribution is -2.58. The lowest BCUT2D eigenvalue weighted by Gasteiger charge is -2.27. The molecule has 0 radical (unpaired) electrons. The Hall–Kier alpha value is -1.10. The monoisotopic (exact) mass is 267 g/mol. The van der Waals surface area contributed by atoms with Crippen LogP contribution in [0.25, 0.3) is 0 Å². The van der Waals surface area contributed by atoms with Gasteiger partial charge in [0.25, 0.3) is 0 Å². The fraction of sp³-hybridized carbons (Fsp3) is 0.857. The maximum absolute atomic E-state index is 11.9. The van der Waals surface area contributed by atoms with Gasteiger partial charge in [0.2, 0.25) is 11.8 Å². The van der Waals surface area contributed by atoms with Crippen LogP contribution < -0.4 is 16.0 Å². The minimum absolute atomic E-state index is 0.00357.